The van der Waals surface area contributed by atoms with Crippen molar-refractivity contribution in [2.45, 2.75) is 73.1 Å². The van der Waals surface area contributed by atoms with Crippen LogP contribution in [0.5, 0.6) is 0 Å². The second kappa shape index (κ2) is 4.00. The Bertz CT molecular complexity index is 589. The van der Waals surface area contributed by atoms with Crippen LogP contribution in [0, 0.1) is 33.0 Å². The summed E-state index contributed by atoms with van der Waals surface area (Å²) < 4.78 is 0. The van der Waals surface area contributed by atoms with Crippen LogP contribution >= 0.6 is 0 Å². The Balaban J connectivity index is 2.18. The van der Waals surface area contributed by atoms with Gasteiger partial charge in [0.25, 0.3) is 0 Å². The number of nitrogens with zero attached hydrogens (tertiary/aromatic N) is 1. The van der Waals surface area contributed by atoms with Crippen molar-refractivity contribution in [1.29, 1.82) is 5.26 Å². The number of carbonyl (C=O) groups is 1. The van der Waals surface area contributed by atoms with E-state index in [2.05, 4.69) is 40.7 Å². The topological polar surface area (TPSA) is 40.9 Å². The molecule has 1 fully saturated rings. The number of allylic oxidation sites excluding steroid dienone is 2. The highest BCUT2D eigenvalue weighted by Gasteiger charge is 2.58. The summed E-state index contributed by atoms with van der Waals surface area (Å²) in [5.41, 5.74) is 2.11. The highest BCUT2D eigenvalue weighted by molar-refractivity contribution is 5.99. The molecule has 2 heteroatoms. The van der Waals surface area contributed by atoms with Crippen molar-refractivity contribution >= 4 is 5.78 Å². The molecule has 2 nitrogen and oxygen atoms in total. The lowest BCUT2D eigenvalue weighted by molar-refractivity contribution is -0.120. The summed E-state index contributed by atoms with van der Waals surface area (Å²) in [4.78, 5) is 12.8. The lowest BCUT2D eigenvalue weighted by atomic mass is 9.46. The Morgan fingerprint density at radius 3 is 2.19 bits per heavy atom. The van der Waals surface area contributed by atoms with Crippen molar-refractivity contribution in [2.75, 3.05) is 0 Å². The monoisotopic (exact) mass is 285 g/mol. The summed E-state index contributed by atoms with van der Waals surface area (Å²) >= 11 is 0. The largest absolute Gasteiger partial charge is 0.294 e. The number of rotatable bonds is 0. The molecule has 0 aliphatic heterocycles. The van der Waals surface area contributed by atoms with Crippen LogP contribution in [0.3, 0.4) is 0 Å². The third kappa shape index (κ3) is 2.26. The van der Waals surface area contributed by atoms with E-state index in [1.165, 1.54) is 5.57 Å². The lowest BCUT2D eigenvalue weighted by Crippen LogP contribution is -2.50. The molecule has 3 aliphatic carbocycles. The Morgan fingerprint density at radius 1 is 0.905 bits per heavy atom. The van der Waals surface area contributed by atoms with Crippen LogP contribution in [0.25, 0.3) is 0 Å². The second-order valence-electron chi connectivity index (χ2n) is 9.80. The highest BCUT2D eigenvalue weighted by atomic mass is 16.1. The van der Waals surface area contributed by atoms with E-state index in [1.54, 1.807) is 0 Å². The molecule has 1 saturated carbocycles. The van der Waals surface area contributed by atoms with Gasteiger partial charge in [0.05, 0.1) is 11.5 Å². The summed E-state index contributed by atoms with van der Waals surface area (Å²) in [7, 11) is 0. The fraction of sp³-hybridized carbons (Fsp3) is 0.789. The van der Waals surface area contributed by atoms with Crippen molar-refractivity contribution in [3.63, 3.8) is 0 Å². The minimum absolute atomic E-state index is 0.0596. The van der Waals surface area contributed by atoms with E-state index in [0.717, 1.165) is 37.7 Å². The fourth-order valence-electron chi connectivity index (χ4n) is 6.05. The van der Waals surface area contributed by atoms with Gasteiger partial charge in [-0.05, 0) is 48.3 Å². The molecular weight excluding hydrogens is 258 g/mol. The smallest absolute Gasteiger partial charge is 0.160 e. The highest BCUT2D eigenvalue weighted by Crippen LogP contribution is 2.64. The molecule has 2 atom stereocenters. The molecule has 114 valence electrons. The van der Waals surface area contributed by atoms with Gasteiger partial charge in [-0.3, -0.25) is 4.79 Å². The minimum atomic E-state index is -0.516. The average Bonchev–Trinajstić information content (AvgIpc) is 2.21. The maximum absolute atomic E-state index is 12.8. The van der Waals surface area contributed by atoms with E-state index in [9.17, 15) is 10.1 Å². The van der Waals surface area contributed by atoms with Crippen LogP contribution in [0.2, 0.25) is 0 Å². The van der Waals surface area contributed by atoms with E-state index in [4.69, 9.17) is 0 Å². The van der Waals surface area contributed by atoms with Crippen molar-refractivity contribution < 1.29 is 4.79 Å². The summed E-state index contributed by atoms with van der Waals surface area (Å²) in [6, 6.07) is 2.61. The first-order valence-corrected chi connectivity index (χ1v) is 8.17. The first-order chi connectivity index (χ1) is 9.50. The second-order valence-corrected chi connectivity index (χ2v) is 9.80. The fourth-order valence-corrected chi connectivity index (χ4v) is 6.05. The average molecular weight is 285 g/mol. The molecule has 0 amide bonds. The molecule has 0 N–H and O–H groups in total. The Kier molecular flexibility index (Phi) is 2.82. The Labute approximate surface area is 128 Å². The molecule has 0 aromatic carbocycles. The molecule has 3 rings (SSSR count). The molecule has 0 spiro atoms. The molecule has 21 heavy (non-hydrogen) atoms. The number of hydrogen-bond acceptors (Lipinski definition) is 2. The van der Waals surface area contributed by atoms with Crippen LogP contribution < -0.4 is 0 Å². The zero-order chi connectivity index (χ0) is 15.7. The quantitative estimate of drug-likeness (QED) is 0.641. The van der Waals surface area contributed by atoms with Crippen LogP contribution in [0.15, 0.2) is 11.1 Å². The lowest BCUT2D eigenvalue weighted by Gasteiger charge is -2.56. The van der Waals surface area contributed by atoms with E-state index in [1.807, 2.05) is 0 Å². The van der Waals surface area contributed by atoms with Gasteiger partial charge in [-0.25, -0.2) is 0 Å². The van der Waals surface area contributed by atoms with E-state index in [0.29, 0.717) is 6.42 Å². The van der Waals surface area contributed by atoms with E-state index in [-0.39, 0.29) is 22.0 Å². The van der Waals surface area contributed by atoms with Gasteiger partial charge in [0.1, 0.15) is 0 Å². The van der Waals surface area contributed by atoms with Crippen LogP contribution in [0.1, 0.15) is 73.1 Å². The van der Waals surface area contributed by atoms with Crippen LogP contribution in [-0.4, -0.2) is 5.78 Å². The Hall–Kier alpha value is -1.10. The first-order valence-electron chi connectivity index (χ1n) is 8.17. The van der Waals surface area contributed by atoms with Gasteiger partial charge in [-0.15, -0.1) is 0 Å². The van der Waals surface area contributed by atoms with E-state index < -0.39 is 5.41 Å². The number of fused-ring (bicyclic) bond motifs is 3. The van der Waals surface area contributed by atoms with Gasteiger partial charge in [-0.2, -0.15) is 5.26 Å². The van der Waals surface area contributed by atoms with Crippen LogP contribution in [0.4, 0.5) is 0 Å². The molecule has 0 saturated heterocycles. The van der Waals surface area contributed by atoms with Crippen molar-refractivity contribution in [1.82, 2.24) is 0 Å². The molecule has 2 bridgehead atoms. The standard InChI is InChI=1S/C19H27NO/c1-16(2)6-13-7-18(5)9-17(3,4)10-19(11-18,12-20)15(13)14(21)8-16/h6-11H2,1-5H3. The van der Waals surface area contributed by atoms with Gasteiger partial charge in [0.15, 0.2) is 5.78 Å². The molecule has 0 aromatic rings. The third-order valence-corrected chi connectivity index (χ3v) is 5.71. The zero-order valence-corrected chi connectivity index (χ0v) is 14.1. The first kappa shape index (κ1) is 14.8. The number of carbonyl (C=O) groups excluding carboxylic acids is 1. The number of hydrogen-bond donors (Lipinski definition) is 0. The summed E-state index contributed by atoms with van der Waals surface area (Å²) in [6.07, 6.45) is 5.50. The zero-order valence-electron chi connectivity index (χ0n) is 14.1. The predicted octanol–water partition coefficient (Wildman–Crippen LogP) is 4.80. The molecular formula is C19H27NO. The Morgan fingerprint density at radius 2 is 1.57 bits per heavy atom. The molecule has 2 unspecified atom stereocenters. The van der Waals surface area contributed by atoms with Crippen LogP contribution in [-0.2, 0) is 4.79 Å². The SMILES string of the molecule is CC1(C)CC(=O)C2=C(C1)CC1(C)CC(C)(C)CC2(C#N)C1. The molecule has 3 aliphatic rings. The number of nitriles is 1. The summed E-state index contributed by atoms with van der Waals surface area (Å²) in [5.74, 6) is 0.252. The third-order valence-electron chi connectivity index (χ3n) is 5.71. The molecule has 0 radical (unpaired) electrons. The van der Waals surface area contributed by atoms with Crippen molar-refractivity contribution in [2.24, 2.45) is 21.7 Å². The van der Waals surface area contributed by atoms with Gasteiger partial charge in [0, 0.05) is 12.0 Å². The van der Waals surface area contributed by atoms with Crippen molar-refractivity contribution in [3.8, 4) is 6.07 Å². The van der Waals surface area contributed by atoms with Gasteiger partial charge in [0.2, 0.25) is 0 Å². The van der Waals surface area contributed by atoms with Gasteiger partial charge < -0.3 is 0 Å². The van der Waals surface area contributed by atoms with Gasteiger partial charge in [-0.1, -0.05) is 40.2 Å². The predicted molar refractivity (Wildman–Crippen MR) is 83.5 cm³/mol. The minimum Gasteiger partial charge on any atom is -0.294 e. The van der Waals surface area contributed by atoms with Crippen molar-refractivity contribution in [3.05, 3.63) is 11.1 Å². The van der Waals surface area contributed by atoms with Gasteiger partial charge >= 0.3 is 0 Å². The number of Topliss-reactive ketones (excluding diaryl/α,β-unsaturated/α-hetero) is 1. The number of ketones is 1. The maximum Gasteiger partial charge on any atom is 0.160 e. The van der Waals surface area contributed by atoms with E-state index >= 15 is 0 Å². The summed E-state index contributed by atoms with van der Waals surface area (Å²) in [6.45, 7) is 11.2. The maximum atomic E-state index is 12.8. The normalized spacial score (nSPS) is 40.5. The summed E-state index contributed by atoms with van der Waals surface area (Å²) in [5, 5.41) is 9.99. The molecule has 0 aromatic heterocycles. The molecule has 0 heterocycles.